The van der Waals surface area contributed by atoms with Gasteiger partial charge in [-0.3, -0.25) is 20.4 Å². The zero-order chi connectivity index (χ0) is 19.1. The van der Waals surface area contributed by atoms with Crippen LogP contribution in [-0.4, -0.2) is 24.5 Å². The molecule has 0 radical (unpaired) electrons. The number of para-hydroxylation sites is 1. The summed E-state index contributed by atoms with van der Waals surface area (Å²) in [6.07, 6.45) is -0.883. The van der Waals surface area contributed by atoms with E-state index in [1.807, 2.05) is 25.1 Å². The molecule has 0 aromatic heterocycles. The third kappa shape index (κ3) is 5.82. The number of ether oxygens (including phenoxy) is 2. The Hall–Kier alpha value is -2.44. The van der Waals surface area contributed by atoms with E-state index in [1.54, 1.807) is 18.2 Å². The summed E-state index contributed by atoms with van der Waals surface area (Å²) < 4.78 is 10.8. The normalized spacial score (nSPS) is 11.4. The SMILES string of the molecule is Cc1ccccc1OCC(=O)NNC(=O)[C@@H](C)Oc1ccc(Cl)cc1Cl. The van der Waals surface area contributed by atoms with Crippen LogP contribution in [0.1, 0.15) is 12.5 Å². The lowest BCUT2D eigenvalue weighted by Crippen LogP contribution is -2.48. The smallest absolute Gasteiger partial charge is 0.279 e. The number of aryl methyl sites for hydroxylation is 1. The van der Waals surface area contributed by atoms with Crippen molar-refractivity contribution in [3.63, 3.8) is 0 Å². The van der Waals surface area contributed by atoms with Crippen LogP contribution >= 0.6 is 23.2 Å². The Morgan fingerprint density at radius 3 is 2.50 bits per heavy atom. The molecular weight excluding hydrogens is 379 g/mol. The summed E-state index contributed by atoms with van der Waals surface area (Å²) in [5, 5.41) is 0.744. The molecule has 0 heterocycles. The first-order chi connectivity index (χ1) is 12.4. The van der Waals surface area contributed by atoms with Crippen LogP contribution in [-0.2, 0) is 9.59 Å². The quantitative estimate of drug-likeness (QED) is 0.734. The minimum absolute atomic E-state index is 0.233. The zero-order valence-corrected chi connectivity index (χ0v) is 15.7. The van der Waals surface area contributed by atoms with Crippen molar-refractivity contribution >= 4 is 35.0 Å². The molecule has 0 saturated carbocycles. The van der Waals surface area contributed by atoms with E-state index in [9.17, 15) is 9.59 Å². The van der Waals surface area contributed by atoms with Crippen LogP contribution in [0.2, 0.25) is 10.0 Å². The van der Waals surface area contributed by atoms with Crippen molar-refractivity contribution in [2.45, 2.75) is 20.0 Å². The second-order valence-corrected chi connectivity index (χ2v) is 6.27. The van der Waals surface area contributed by atoms with Gasteiger partial charge in [0.25, 0.3) is 11.8 Å². The Bertz CT molecular complexity index is 799. The zero-order valence-electron chi connectivity index (χ0n) is 14.2. The molecule has 138 valence electrons. The van der Waals surface area contributed by atoms with Crippen LogP contribution in [0.3, 0.4) is 0 Å². The molecule has 0 aliphatic rings. The maximum absolute atomic E-state index is 12.0. The van der Waals surface area contributed by atoms with E-state index < -0.39 is 17.9 Å². The minimum Gasteiger partial charge on any atom is -0.483 e. The second-order valence-electron chi connectivity index (χ2n) is 5.43. The molecule has 0 aliphatic heterocycles. The number of rotatable bonds is 6. The highest BCUT2D eigenvalue weighted by atomic mass is 35.5. The molecule has 0 bridgehead atoms. The molecule has 26 heavy (non-hydrogen) atoms. The van der Waals surface area contributed by atoms with Gasteiger partial charge in [0.2, 0.25) is 0 Å². The van der Waals surface area contributed by atoms with Crippen LogP contribution in [0.15, 0.2) is 42.5 Å². The van der Waals surface area contributed by atoms with Gasteiger partial charge in [-0.2, -0.15) is 0 Å². The number of carbonyl (C=O) groups excluding carboxylic acids is 2. The summed E-state index contributed by atoms with van der Waals surface area (Å²) in [5.74, 6) is -0.130. The molecule has 0 fully saturated rings. The number of carbonyl (C=O) groups is 2. The van der Waals surface area contributed by atoms with Gasteiger partial charge in [0.15, 0.2) is 12.7 Å². The standard InChI is InChI=1S/C18H18Cl2N2O4/c1-11-5-3-4-6-15(11)25-10-17(23)21-22-18(24)12(2)26-16-8-7-13(19)9-14(16)20/h3-9,12H,10H2,1-2H3,(H,21,23)(H,22,24)/t12-/m1/s1. The number of hydrogen-bond donors (Lipinski definition) is 2. The minimum atomic E-state index is -0.883. The van der Waals surface area contributed by atoms with E-state index in [0.717, 1.165) is 5.56 Å². The van der Waals surface area contributed by atoms with Crippen molar-refractivity contribution in [2.24, 2.45) is 0 Å². The molecule has 2 N–H and O–H groups in total. The molecule has 0 unspecified atom stereocenters. The maximum Gasteiger partial charge on any atom is 0.279 e. The predicted octanol–water partition coefficient (Wildman–Crippen LogP) is 3.30. The maximum atomic E-state index is 12.0. The molecule has 6 nitrogen and oxygen atoms in total. The summed E-state index contributed by atoms with van der Waals surface area (Å²) in [5.41, 5.74) is 5.45. The molecule has 2 amide bonds. The average molecular weight is 397 g/mol. The van der Waals surface area contributed by atoms with Crippen LogP contribution < -0.4 is 20.3 Å². The number of benzene rings is 2. The fraction of sp³-hybridized carbons (Fsp3) is 0.222. The van der Waals surface area contributed by atoms with Crippen molar-refractivity contribution in [1.29, 1.82) is 0 Å². The number of hydrogen-bond acceptors (Lipinski definition) is 4. The molecule has 2 aromatic rings. The second kappa shape index (κ2) is 9.31. The van der Waals surface area contributed by atoms with Crippen molar-refractivity contribution in [1.82, 2.24) is 10.9 Å². The molecule has 0 spiro atoms. The fourth-order valence-electron chi connectivity index (χ4n) is 1.95. The average Bonchev–Trinajstić information content (AvgIpc) is 2.61. The monoisotopic (exact) mass is 396 g/mol. The third-order valence-electron chi connectivity index (χ3n) is 3.34. The van der Waals surface area contributed by atoms with Gasteiger partial charge in [-0.15, -0.1) is 0 Å². The van der Waals surface area contributed by atoms with Gasteiger partial charge >= 0.3 is 0 Å². The van der Waals surface area contributed by atoms with Gasteiger partial charge < -0.3 is 9.47 Å². The van der Waals surface area contributed by atoms with Gasteiger partial charge in [0.05, 0.1) is 5.02 Å². The number of halogens is 2. The Labute approximate surface area is 161 Å². The Morgan fingerprint density at radius 2 is 1.81 bits per heavy atom. The summed E-state index contributed by atoms with van der Waals surface area (Å²) in [4.78, 5) is 23.8. The van der Waals surface area contributed by atoms with E-state index in [-0.39, 0.29) is 11.6 Å². The van der Waals surface area contributed by atoms with Gasteiger partial charge in [-0.05, 0) is 43.7 Å². The van der Waals surface area contributed by atoms with E-state index in [4.69, 9.17) is 32.7 Å². The summed E-state index contributed by atoms with van der Waals surface area (Å²) >= 11 is 11.8. The van der Waals surface area contributed by atoms with Gasteiger partial charge in [-0.1, -0.05) is 41.4 Å². The van der Waals surface area contributed by atoms with Crippen molar-refractivity contribution in [2.75, 3.05) is 6.61 Å². The van der Waals surface area contributed by atoms with Crippen LogP contribution in [0, 0.1) is 6.92 Å². The highest BCUT2D eigenvalue weighted by Gasteiger charge is 2.17. The summed E-state index contributed by atoms with van der Waals surface area (Å²) in [7, 11) is 0. The summed E-state index contributed by atoms with van der Waals surface area (Å²) in [6, 6.07) is 12.0. The van der Waals surface area contributed by atoms with Gasteiger partial charge in [0.1, 0.15) is 11.5 Å². The number of amides is 2. The topological polar surface area (TPSA) is 76.7 Å². The molecule has 1 atom stereocenters. The number of hydrazine groups is 1. The van der Waals surface area contributed by atoms with Crippen LogP contribution in [0.5, 0.6) is 11.5 Å². The van der Waals surface area contributed by atoms with E-state index in [0.29, 0.717) is 16.5 Å². The largest absolute Gasteiger partial charge is 0.483 e. The molecular formula is C18H18Cl2N2O4. The molecule has 0 aliphatic carbocycles. The molecule has 2 aromatic carbocycles. The van der Waals surface area contributed by atoms with E-state index in [1.165, 1.54) is 13.0 Å². The summed E-state index contributed by atoms with van der Waals surface area (Å²) in [6.45, 7) is 3.16. The first kappa shape index (κ1) is 19.9. The predicted molar refractivity (Wildman–Crippen MR) is 99.5 cm³/mol. The highest BCUT2D eigenvalue weighted by Crippen LogP contribution is 2.28. The Balaban J connectivity index is 1.78. The van der Waals surface area contributed by atoms with E-state index >= 15 is 0 Å². The van der Waals surface area contributed by atoms with E-state index in [2.05, 4.69) is 10.9 Å². The van der Waals surface area contributed by atoms with Crippen molar-refractivity contribution in [3.8, 4) is 11.5 Å². The Morgan fingerprint density at radius 1 is 1.08 bits per heavy atom. The fourth-order valence-corrected chi connectivity index (χ4v) is 2.40. The van der Waals surface area contributed by atoms with Gasteiger partial charge in [-0.25, -0.2) is 0 Å². The highest BCUT2D eigenvalue weighted by molar-refractivity contribution is 6.35. The lowest BCUT2D eigenvalue weighted by molar-refractivity contribution is -0.133. The lowest BCUT2D eigenvalue weighted by Gasteiger charge is -2.16. The number of nitrogens with one attached hydrogen (secondary N) is 2. The third-order valence-corrected chi connectivity index (χ3v) is 3.87. The van der Waals surface area contributed by atoms with Crippen LogP contribution in [0.25, 0.3) is 0 Å². The molecule has 8 heteroatoms. The first-order valence-corrected chi connectivity index (χ1v) is 8.51. The molecule has 2 rings (SSSR count). The van der Waals surface area contributed by atoms with Crippen LogP contribution in [0.4, 0.5) is 0 Å². The van der Waals surface area contributed by atoms with Gasteiger partial charge in [0, 0.05) is 5.02 Å². The molecule has 0 saturated heterocycles. The Kier molecular flexibility index (Phi) is 7.12. The van der Waals surface area contributed by atoms with Crippen molar-refractivity contribution in [3.05, 3.63) is 58.1 Å². The van der Waals surface area contributed by atoms with Crippen molar-refractivity contribution < 1.29 is 19.1 Å². The first-order valence-electron chi connectivity index (χ1n) is 7.75. The lowest BCUT2D eigenvalue weighted by atomic mass is 10.2.